The Morgan fingerprint density at radius 1 is 0.950 bits per heavy atom. The summed E-state index contributed by atoms with van der Waals surface area (Å²) >= 11 is 0. The molecule has 3 aliphatic carbocycles. The van der Waals surface area contributed by atoms with Crippen LogP contribution >= 0.6 is 0 Å². The van der Waals surface area contributed by atoms with Crippen molar-refractivity contribution in [1.29, 1.82) is 0 Å². The SMILES string of the molecule is O=C(NC1CCCC1CO)C1CCC2CCCCC2C1. The van der Waals surface area contributed by atoms with E-state index in [0.29, 0.717) is 5.92 Å². The van der Waals surface area contributed by atoms with Gasteiger partial charge in [0, 0.05) is 24.5 Å². The molecule has 0 aliphatic heterocycles. The molecule has 3 saturated carbocycles. The summed E-state index contributed by atoms with van der Waals surface area (Å²) in [5.41, 5.74) is 0. The summed E-state index contributed by atoms with van der Waals surface area (Å²) in [6.07, 6.45) is 12.2. The molecule has 3 nitrogen and oxygen atoms in total. The third-order valence-electron chi connectivity index (χ3n) is 6.13. The normalized spacial score (nSPS) is 41.1. The predicted molar refractivity (Wildman–Crippen MR) is 79.1 cm³/mol. The van der Waals surface area contributed by atoms with E-state index in [2.05, 4.69) is 5.32 Å². The first kappa shape index (κ1) is 14.4. The lowest BCUT2D eigenvalue weighted by molar-refractivity contribution is -0.128. The van der Waals surface area contributed by atoms with Crippen molar-refractivity contribution >= 4 is 5.91 Å². The average molecular weight is 279 g/mol. The Labute approximate surface area is 122 Å². The standard InChI is InChI=1S/C17H29NO2/c19-11-15-6-3-7-16(15)18-17(20)14-9-8-12-4-1-2-5-13(12)10-14/h12-16,19H,1-11H2,(H,18,20). The maximum absolute atomic E-state index is 12.5. The van der Waals surface area contributed by atoms with E-state index < -0.39 is 0 Å². The van der Waals surface area contributed by atoms with Gasteiger partial charge in [0.05, 0.1) is 0 Å². The van der Waals surface area contributed by atoms with Gasteiger partial charge in [0.2, 0.25) is 5.91 Å². The third-order valence-corrected chi connectivity index (χ3v) is 6.13. The second-order valence-electron chi connectivity index (χ2n) is 7.30. The molecule has 0 heterocycles. The number of carbonyl (C=O) groups is 1. The van der Waals surface area contributed by atoms with E-state index in [1.165, 1.54) is 32.1 Å². The summed E-state index contributed by atoms with van der Waals surface area (Å²) in [7, 11) is 0. The van der Waals surface area contributed by atoms with Crippen LogP contribution < -0.4 is 5.32 Å². The molecule has 114 valence electrons. The highest BCUT2D eigenvalue weighted by atomic mass is 16.3. The fourth-order valence-electron chi connectivity index (χ4n) is 4.86. The largest absolute Gasteiger partial charge is 0.396 e. The summed E-state index contributed by atoms with van der Waals surface area (Å²) in [5.74, 6) is 2.54. The first-order valence-electron chi connectivity index (χ1n) is 8.69. The lowest BCUT2D eigenvalue weighted by atomic mass is 9.67. The first-order chi connectivity index (χ1) is 9.78. The van der Waals surface area contributed by atoms with Gasteiger partial charge in [-0.25, -0.2) is 0 Å². The first-order valence-corrected chi connectivity index (χ1v) is 8.69. The van der Waals surface area contributed by atoms with E-state index in [-0.39, 0.29) is 24.5 Å². The summed E-state index contributed by atoms with van der Waals surface area (Å²) in [4.78, 5) is 12.5. The third kappa shape index (κ3) is 3.03. The molecule has 0 saturated heterocycles. The quantitative estimate of drug-likeness (QED) is 0.834. The number of amides is 1. The Hall–Kier alpha value is -0.570. The minimum Gasteiger partial charge on any atom is -0.396 e. The second kappa shape index (κ2) is 6.46. The molecule has 5 atom stereocenters. The van der Waals surface area contributed by atoms with Gasteiger partial charge in [-0.15, -0.1) is 0 Å². The van der Waals surface area contributed by atoms with Crippen LogP contribution in [0.1, 0.15) is 64.2 Å². The highest BCUT2D eigenvalue weighted by Crippen LogP contribution is 2.42. The van der Waals surface area contributed by atoms with E-state index in [0.717, 1.165) is 43.9 Å². The van der Waals surface area contributed by atoms with Gasteiger partial charge in [-0.2, -0.15) is 0 Å². The van der Waals surface area contributed by atoms with E-state index >= 15 is 0 Å². The average Bonchev–Trinajstić information content (AvgIpc) is 2.94. The van der Waals surface area contributed by atoms with Crippen molar-refractivity contribution in [3.05, 3.63) is 0 Å². The minimum atomic E-state index is 0.223. The molecule has 0 aromatic carbocycles. The van der Waals surface area contributed by atoms with Crippen molar-refractivity contribution in [3.8, 4) is 0 Å². The number of rotatable bonds is 3. The van der Waals surface area contributed by atoms with Crippen LogP contribution in [-0.4, -0.2) is 23.7 Å². The number of nitrogens with one attached hydrogen (secondary N) is 1. The van der Waals surface area contributed by atoms with Crippen LogP contribution in [0.4, 0.5) is 0 Å². The van der Waals surface area contributed by atoms with Crippen LogP contribution in [0.3, 0.4) is 0 Å². The Bertz CT molecular complexity index is 344. The topological polar surface area (TPSA) is 49.3 Å². The highest BCUT2D eigenvalue weighted by Gasteiger charge is 2.36. The molecular weight excluding hydrogens is 250 g/mol. The van der Waals surface area contributed by atoms with Gasteiger partial charge in [0.25, 0.3) is 0 Å². The van der Waals surface area contributed by atoms with Gasteiger partial charge in [-0.1, -0.05) is 32.1 Å². The predicted octanol–water partition coefficient (Wildman–Crippen LogP) is 2.87. The van der Waals surface area contributed by atoms with Crippen molar-refractivity contribution in [2.45, 2.75) is 70.3 Å². The smallest absolute Gasteiger partial charge is 0.223 e. The Morgan fingerprint density at radius 2 is 1.75 bits per heavy atom. The molecule has 5 unspecified atom stereocenters. The van der Waals surface area contributed by atoms with Gasteiger partial charge in [-0.3, -0.25) is 4.79 Å². The lowest BCUT2D eigenvalue weighted by Crippen LogP contribution is -2.44. The molecule has 0 spiro atoms. The van der Waals surface area contributed by atoms with Crippen LogP contribution in [0.2, 0.25) is 0 Å². The molecule has 0 radical (unpaired) electrons. The Kier molecular flexibility index (Phi) is 4.65. The van der Waals surface area contributed by atoms with Crippen molar-refractivity contribution in [1.82, 2.24) is 5.32 Å². The van der Waals surface area contributed by atoms with E-state index in [1.807, 2.05) is 0 Å². The molecule has 0 aromatic rings. The molecule has 3 heteroatoms. The monoisotopic (exact) mass is 279 g/mol. The molecule has 0 aromatic heterocycles. The Balaban J connectivity index is 1.52. The zero-order chi connectivity index (χ0) is 13.9. The maximum atomic E-state index is 12.5. The van der Waals surface area contributed by atoms with Crippen LogP contribution in [0.25, 0.3) is 0 Å². The second-order valence-corrected chi connectivity index (χ2v) is 7.30. The van der Waals surface area contributed by atoms with Gasteiger partial charge < -0.3 is 10.4 Å². The highest BCUT2D eigenvalue weighted by molar-refractivity contribution is 5.79. The van der Waals surface area contributed by atoms with E-state index in [1.54, 1.807) is 0 Å². The molecule has 3 rings (SSSR count). The van der Waals surface area contributed by atoms with E-state index in [9.17, 15) is 9.90 Å². The fourth-order valence-corrected chi connectivity index (χ4v) is 4.86. The van der Waals surface area contributed by atoms with Crippen LogP contribution in [0.15, 0.2) is 0 Å². The Morgan fingerprint density at radius 3 is 2.55 bits per heavy atom. The van der Waals surface area contributed by atoms with E-state index in [4.69, 9.17) is 0 Å². The molecular formula is C17H29NO2. The van der Waals surface area contributed by atoms with Crippen molar-refractivity contribution in [2.75, 3.05) is 6.61 Å². The zero-order valence-electron chi connectivity index (χ0n) is 12.5. The molecule has 3 fully saturated rings. The number of aliphatic hydroxyl groups is 1. The summed E-state index contributed by atoms with van der Waals surface area (Å²) in [5, 5.41) is 12.6. The molecule has 1 amide bonds. The van der Waals surface area contributed by atoms with Crippen LogP contribution in [0, 0.1) is 23.7 Å². The summed E-state index contributed by atoms with van der Waals surface area (Å²) < 4.78 is 0. The number of fused-ring (bicyclic) bond motifs is 1. The summed E-state index contributed by atoms with van der Waals surface area (Å²) in [6.45, 7) is 0.223. The molecule has 3 aliphatic rings. The molecule has 20 heavy (non-hydrogen) atoms. The number of aliphatic hydroxyl groups excluding tert-OH is 1. The van der Waals surface area contributed by atoms with Crippen molar-refractivity contribution in [3.63, 3.8) is 0 Å². The zero-order valence-corrected chi connectivity index (χ0v) is 12.5. The number of hydrogen-bond acceptors (Lipinski definition) is 2. The van der Waals surface area contributed by atoms with Gasteiger partial charge in [-0.05, 0) is 43.9 Å². The lowest BCUT2D eigenvalue weighted by Gasteiger charge is -2.39. The number of hydrogen-bond donors (Lipinski definition) is 2. The van der Waals surface area contributed by atoms with Crippen LogP contribution in [0.5, 0.6) is 0 Å². The van der Waals surface area contributed by atoms with Crippen molar-refractivity contribution in [2.24, 2.45) is 23.7 Å². The molecule has 0 bridgehead atoms. The maximum Gasteiger partial charge on any atom is 0.223 e. The molecule has 2 N–H and O–H groups in total. The van der Waals surface area contributed by atoms with Gasteiger partial charge in [0.15, 0.2) is 0 Å². The van der Waals surface area contributed by atoms with Gasteiger partial charge in [0.1, 0.15) is 0 Å². The van der Waals surface area contributed by atoms with Gasteiger partial charge >= 0.3 is 0 Å². The fraction of sp³-hybridized carbons (Fsp3) is 0.941. The van der Waals surface area contributed by atoms with Crippen LogP contribution in [-0.2, 0) is 4.79 Å². The summed E-state index contributed by atoms with van der Waals surface area (Å²) in [6, 6.07) is 0.233. The van der Waals surface area contributed by atoms with Crippen molar-refractivity contribution < 1.29 is 9.90 Å². The number of carbonyl (C=O) groups excluding carboxylic acids is 1. The minimum absolute atomic E-state index is 0.223.